The smallest absolute Gasteiger partial charge is 0.307 e. The minimum atomic E-state index is -4.01. The molecule has 1 aromatic heterocycles. The molecule has 2 aliphatic carbocycles. The molecule has 0 aliphatic heterocycles. The zero-order valence-corrected chi connectivity index (χ0v) is 16.4. The molecule has 4 rings (SSSR count). The molecule has 2 N–H and O–H groups in total. The Morgan fingerprint density at radius 3 is 2.33 bits per heavy atom. The van der Waals surface area contributed by atoms with Gasteiger partial charge in [0.15, 0.2) is 5.03 Å². The topological polar surface area (TPSA) is 93.1 Å². The maximum atomic E-state index is 12.5. The maximum Gasteiger partial charge on any atom is 0.333 e. The number of fused-ring (bicyclic) bond motifs is 2. The molecule has 0 radical (unpaired) electrons. The molecule has 148 valence electrons. The average Bonchev–Trinajstić information content (AvgIpc) is 3.34. The zero-order valence-electron chi connectivity index (χ0n) is 15.6. The van der Waals surface area contributed by atoms with Gasteiger partial charge in [0.25, 0.3) is 10.0 Å². The number of sulfonamides is 1. The largest absolute Gasteiger partial charge is 0.333 e. The van der Waals surface area contributed by atoms with Crippen molar-refractivity contribution in [3.05, 3.63) is 40.6 Å². The van der Waals surface area contributed by atoms with Gasteiger partial charge in [0.05, 0.1) is 0 Å². The predicted molar refractivity (Wildman–Crippen MR) is 107 cm³/mol. The van der Waals surface area contributed by atoms with Gasteiger partial charge in [-0.3, -0.25) is 4.68 Å². The molecule has 0 atom stereocenters. The van der Waals surface area contributed by atoms with E-state index in [-0.39, 0.29) is 13.9 Å². The van der Waals surface area contributed by atoms with E-state index in [0.717, 1.165) is 55.3 Å². The number of nitrogens with one attached hydrogen (secondary N) is 2. The quantitative estimate of drug-likeness (QED) is 0.833. The first-order chi connectivity index (χ1) is 12.8. The van der Waals surface area contributed by atoms with Crippen molar-refractivity contribution in [1.82, 2.24) is 14.5 Å². The summed E-state index contributed by atoms with van der Waals surface area (Å²) >= 11 is 0. The number of amides is 2. The molecule has 27 heavy (non-hydrogen) atoms. The van der Waals surface area contributed by atoms with Crippen molar-refractivity contribution in [1.29, 1.82) is 0 Å². The number of nitrogens with zero attached hydrogens (tertiary/aromatic N) is 2. The molecule has 0 fully saturated rings. The highest BCUT2D eigenvalue weighted by Crippen LogP contribution is 2.38. The van der Waals surface area contributed by atoms with Crippen LogP contribution in [0, 0.1) is 0 Å². The summed E-state index contributed by atoms with van der Waals surface area (Å²) < 4.78 is 28.6. The fourth-order valence-corrected chi connectivity index (χ4v) is 4.87. The third-order valence-electron chi connectivity index (χ3n) is 5.33. The summed E-state index contributed by atoms with van der Waals surface area (Å²) in [7, 11) is -4.01. The number of aromatic nitrogens is 2. The van der Waals surface area contributed by atoms with Crippen LogP contribution in [0.4, 0.5) is 10.5 Å². The van der Waals surface area contributed by atoms with Crippen LogP contribution in [-0.4, -0.2) is 24.2 Å². The summed E-state index contributed by atoms with van der Waals surface area (Å²) in [5.74, 6) is 0. The molecule has 2 aliphatic rings. The summed E-state index contributed by atoms with van der Waals surface area (Å²) in [6.07, 6.45) is 7.61. The fraction of sp³-hybridized carbons (Fsp3) is 0.474. The lowest BCUT2D eigenvalue weighted by Gasteiger charge is -2.16. The first-order valence-corrected chi connectivity index (χ1v) is 10.9. The van der Waals surface area contributed by atoms with Crippen molar-refractivity contribution in [2.45, 2.75) is 63.4 Å². The van der Waals surface area contributed by atoms with Gasteiger partial charge < -0.3 is 5.32 Å². The van der Waals surface area contributed by atoms with Crippen molar-refractivity contribution in [2.24, 2.45) is 0 Å². The Kier molecular flexibility index (Phi) is 4.46. The molecule has 2 aromatic rings. The molecule has 0 unspecified atom stereocenters. The lowest BCUT2D eigenvalue weighted by molar-refractivity contribution is 0.256. The number of carbonyl (C=O) groups is 1. The fourth-order valence-electron chi connectivity index (χ4n) is 4.03. The first kappa shape index (κ1) is 18.0. The van der Waals surface area contributed by atoms with Crippen LogP contribution in [0.5, 0.6) is 0 Å². The molecule has 0 spiro atoms. The third kappa shape index (κ3) is 3.34. The minimum absolute atomic E-state index is 0. The number of aryl methyl sites for hydroxylation is 2. The van der Waals surface area contributed by atoms with Crippen LogP contribution in [0.25, 0.3) is 0 Å². The van der Waals surface area contributed by atoms with Gasteiger partial charge in [0, 0.05) is 20.8 Å². The van der Waals surface area contributed by atoms with Crippen molar-refractivity contribution >= 4 is 21.7 Å². The van der Waals surface area contributed by atoms with E-state index in [1.807, 2.05) is 13.8 Å². The van der Waals surface area contributed by atoms with Crippen LogP contribution < -0.4 is 10.0 Å². The van der Waals surface area contributed by atoms with Gasteiger partial charge in [0.1, 0.15) is 0 Å². The van der Waals surface area contributed by atoms with Crippen LogP contribution in [0.2, 0.25) is 0 Å². The van der Waals surface area contributed by atoms with Crippen molar-refractivity contribution in [3.63, 3.8) is 0 Å². The molecule has 7 nitrogen and oxygen atoms in total. The second kappa shape index (κ2) is 6.67. The molecular weight excluding hydrogens is 364 g/mol. The molecule has 1 aromatic carbocycles. The molecule has 8 heteroatoms. The monoisotopic (exact) mass is 392 g/mol. The van der Waals surface area contributed by atoms with Crippen molar-refractivity contribution in [3.8, 4) is 0 Å². The van der Waals surface area contributed by atoms with E-state index in [2.05, 4.69) is 21.2 Å². The van der Waals surface area contributed by atoms with E-state index in [1.165, 1.54) is 17.2 Å². The highest BCUT2D eigenvalue weighted by Gasteiger charge is 2.27. The number of carbonyl (C=O) groups excluding carboxylic acids is 1. The minimum Gasteiger partial charge on any atom is -0.307 e. The van der Waals surface area contributed by atoms with Crippen LogP contribution in [0.15, 0.2) is 23.4 Å². The highest BCUT2D eigenvalue weighted by molar-refractivity contribution is 7.90. The Morgan fingerprint density at radius 1 is 1.15 bits per heavy atom. The predicted octanol–water partition coefficient (Wildman–Crippen LogP) is 3.44. The van der Waals surface area contributed by atoms with Gasteiger partial charge in [0.2, 0.25) is 0 Å². The van der Waals surface area contributed by atoms with Gasteiger partial charge in [-0.2, -0.15) is 13.5 Å². The Bertz CT molecular complexity index is 986. The summed E-state index contributed by atoms with van der Waals surface area (Å²) in [5.41, 5.74) is 5.70. The van der Waals surface area contributed by atoms with Gasteiger partial charge >= 0.3 is 6.03 Å². The summed E-state index contributed by atoms with van der Waals surface area (Å²) in [6.45, 7) is 3.81. The Labute approximate surface area is 162 Å². The first-order valence-electron chi connectivity index (χ1n) is 9.40. The molecule has 0 saturated heterocycles. The average molecular weight is 393 g/mol. The molecule has 0 saturated carbocycles. The summed E-state index contributed by atoms with van der Waals surface area (Å²) in [5, 5.41) is 6.72. The summed E-state index contributed by atoms with van der Waals surface area (Å²) in [6, 6.07) is 2.97. The van der Waals surface area contributed by atoms with E-state index in [9.17, 15) is 13.2 Å². The standard InChI is InChI=1S/C19H24N4O3S.2H2/c1-12(2)23-10-9-17(21-23)27(25,26)22-19(24)20-18-15-7-3-5-13(15)11-14-6-4-8-16(14)18;;/h9-12H,3-8H2,1-2H3,(H2,20,22,24);2*1H. The normalized spacial score (nSPS) is 15.7. The number of hydrogen-bond donors (Lipinski definition) is 2. The van der Waals surface area contributed by atoms with Crippen molar-refractivity contribution in [2.75, 3.05) is 5.32 Å². The van der Waals surface area contributed by atoms with Gasteiger partial charge in [-0.15, -0.1) is 0 Å². The lowest BCUT2D eigenvalue weighted by Crippen LogP contribution is -2.35. The Morgan fingerprint density at radius 2 is 1.78 bits per heavy atom. The molecule has 2 amide bonds. The highest BCUT2D eigenvalue weighted by atomic mass is 32.2. The van der Waals surface area contributed by atoms with Gasteiger partial charge in [-0.05, 0) is 80.7 Å². The van der Waals surface area contributed by atoms with Crippen LogP contribution in [-0.2, 0) is 35.7 Å². The number of rotatable bonds is 4. The molecule has 1 heterocycles. The van der Waals surface area contributed by atoms with Crippen LogP contribution in [0.1, 0.15) is 57.8 Å². The van der Waals surface area contributed by atoms with Crippen molar-refractivity contribution < 1.29 is 16.1 Å². The summed E-state index contributed by atoms with van der Waals surface area (Å²) in [4.78, 5) is 12.5. The second-order valence-electron chi connectivity index (χ2n) is 7.52. The van der Waals surface area contributed by atoms with Crippen LogP contribution >= 0.6 is 0 Å². The number of anilines is 1. The second-order valence-corrected chi connectivity index (χ2v) is 9.15. The van der Waals surface area contributed by atoms with E-state index >= 15 is 0 Å². The Hall–Kier alpha value is -2.35. The van der Waals surface area contributed by atoms with Gasteiger partial charge in [-0.1, -0.05) is 6.07 Å². The van der Waals surface area contributed by atoms with E-state index < -0.39 is 16.1 Å². The maximum absolute atomic E-state index is 12.5. The lowest BCUT2D eigenvalue weighted by atomic mass is 9.99. The van der Waals surface area contributed by atoms with E-state index in [1.54, 1.807) is 10.9 Å². The number of hydrogen-bond acceptors (Lipinski definition) is 4. The van der Waals surface area contributed by atoms with Crippen LogP contribution in [0.3, 0.4) is 0 Å². The van der Waals surface area contributed by atoms with Gasteiger partial charge in [-0.25, -0.2) is 9.52 Å². The zero-order chi connectivity index (χ0) is 19.2. The third-order valence-corrected chi connectivity index (χ3v) is 6.55. The van der Waals surface area contributed by atoms with E-state index in [0.29, 0.717) is 0 Å². The molecule has 0 bridgehead atoms. The Balaban J connectivity index is 0.00000150. The molecular formula is C19H28N4O3S. The van der Waals surface area contributed by atoms with E-state index in [4.69, 9.17) is 0 Å². The number of benzene rings is 1. The SMILES string of the molecule is CC(C)n1ccc(S(=O)(=O)NC(=O)Nc2c3c(cc4c2CCC4)CCC3)n1.[HH].[HH]. The number of urea groups is 1.